The van der Waals surface area contributed by atoms with Gasteiger partial charge < -0.3 is 0 Å². The maximum absolute atomic E-state index is 10.3. The van der Waals surface area contributed by atoms with Gasteiger partial charge in [0.25, 0.3) is 10.1 Å². The molecule has 0 atom stereocenters. The van der Waals surface area contributed by atoms with Crippen LogP contribution in [0.2, 0.25) is 4.34 Å². The minimum Gasteiger partial charge on any atom is -0.282 e. The minimum absolute atomic E-state index is 0.150. The first-order chi connectivity index (χ1) is 4.50. The molecule has 10 heavy (non-hydrogen) atoms. The highest BCUT2D eigenvalue weighted by molar-refractivity contribution is 7.86. The van der Waals surface area contributed by atoms with Crippen molar-refractivity contribution < 1.29 is 13.0 Å². The number of halogens is 1. The van der Waals surface area contributed by atoms with Crippen molar-refractivity contribution in [3.8, 4) is 0 Å². The average molecular weight is 199 g/mol. The summed E-state index contributed by atoms with van der Waals surface area (Å²) in [6, 6.07) is 1.20. The van der Waals surface area contributed by atoms with Gasteiger partial charge in [0, 0.05) is 5.38 Å². The highest BCUT2D eigenvalue weighted by Gasteiger charge is 2.10. The van der Waals surface area contributed by atoms with E-state index in [-0.39, 0.29) is 4.90 Å². The van der Waals surface area contributed by atoms with Gasteiger partial charge in [-0.15, -0.1) is 11.3 Å². The Morgan fingerprint density at radius 3 is 2.40 bits per heavy atom. The fourth-order valence-electron chi connectivity index (χ4n) is 0.430. The largest absolute Gasteiger partial charge is 0.295 e. The highest BCUT2D eigenvalue weighted by Crippen LogP contribution is 2.22. The summed E-state index contributed by atoms with van der Waals surface area (Å²) in [5.41, 5.74) is 0. The lowest BCUT2D eigenvalue weighted by atomic mass is 10.7. The van der Waals surface area contributed by atoms with Gasteiger partial charge in [-0.05, 0) is 6.07 Å². The SMILES string of the molecule is O=S(=O)(O)c1csc(Cl)c1. The molecule has 0 aliphatic heterocycles. The Morgan fingerprint density at radius 2 is 2.20 bits per heavy atom. The van der Waals surface area contributed by atoms with E-state index in [2.05, 4.69) is 0 Å². The smallest absolute Gasteiger partial charge is 0.282 e. The molecule has 1 rings (SSSR count). The van der Waals surface area contributed by atoms with Crippen molar-refractivity contribution >= 4 is 33.1 Å². The molecule has 0 amide bonds. The van der Waals surface area contributed by atoms with Gasteiger partial charge in [-0.2, -0.15) is 8.42 Å². The van der Waals surface area contributed by atoms with Crippen LogP contribution >= 0.6 is 22.9 Å². The zero-order valence-electron chi connectivity index (χ0n) is 4.61. The molecule has 56 valence electrons. The van der Waals surface area contributed by atoms with Crippen molar-refractivity contribution in [2.75, 3.05) is 0 Å². The fourth-order valence-corrected chi connectivity index (χ4v) is 2.21. The second kappa shape index (κ2) is 2.50. The fraction of sp³-hybridized carbons (Fsp3) is 0. The van der Waals surface area contributed by atoms with E-state index >= 15 is 0 Å². The summed E-state index contributed by atoms with van der Waals surface area (Å²) in [5.74, 6) is 0. The molecule has 0 saturated carbocycles. The summed E-state index contributed by atoms with van der Waals surface area (Å²) in [7, 11) is -4.06. The van der Waals surface area contributed by atoms with Gasteiger partial charge in [-0.25, -0.2) is 0 Å². The first-order valence-corrected chi connectivity index (χ1v) is 4.91. The Morgan fingerprint density at radius 1 is 1.60 bits per heavy atom. The van der Waals surface area contributed by atoms with Crippen molar-refractivity contribution in [1.29, 1.82) is 0 Å². The van der Waals surface area contributed by atoms with Crippen LogP contribution in [0.3, 0.4) is 0 Å². The molecule has 0 bridgehead atoms. The third-order valence-electron chi connectivity index (χ3n) is 0.841. The molecule has 0 spiro atoms. The molecule has 6 heteroatoms. The Balaban J connectivity index is 3.21. The molecule has 1 N–H and O–H groups in total. The second-order valence-corrected chi connectivity index (χ2v) is 4.53. The minimum atomic E-state index is -4.06. The van der Waals surface area contributed by atoms with Crippen LogP contribution < -0.4 is 0 Å². The van der Waals surface area contributed by atoms with E-state index in [1.54, 1.807) is 0 Å². The topological polar surface area (TPSA) is 54.4 Å². The van der Waals surface area contributed by atoms with Crippen molar-refractivity contribution in [3.63, 3.8) is 0 Å². The molecule has 0 unspecified atom stereocenters. The molecule has 0 saturated heterocycles. The van der Waals surface area contributed by atoms with E-state index in [9.17, 15) is 8.42 Å². The van der Waals surface area contributed by atoms with Crippen LogP contribution in [0.5, 0.6) is 0 Å². The van der Waals surface area contributed by atoms with E-state index in [1.165, 1.54) is 11.4 Å². The van der Waals surface area contributed by atoms with Gasteiger partial charge >= 0.3 is 0 Å². The van der Waals surface area contributed by atoms with Crippen LogP contribution in [0.1, 0.15) is 0 Å². The first-order valence-electron chi connectivity index (χ1n) is 2.21. The molecule has 3 nitrogen and oxygen atoms in total. The first kappa shape index (κ1) is 8.00. The number of hydrogen-bond acceptors (Lipinski definition) is 3. The predicted octanol–water partition coefficient (Wildman–Crippen LogP) is 1.65. The zero-order valence-corrected chi connectivity index (χ0v) is 7.00. The lowest BCUT2D eigenvalue weighted by molar-refractivity contribution is 0.483. The highest BCUT2D eigenvalue weighted by atomic mass is 35.5. The van der Waals surface area contributed by atoms with Gasteiger partial charge in [0.15, 0.2) is 0 Å². The quantitative estimate of drug-likeness (QED) is 0.699. The van der Waals surface area contributed by atoms with Gasteiger partial charge in [-0.1, -0.05) is 11.6 Å². The normalized spacial score (nSPS) is 11.8. The van der Waals surface area contributed by atoms with Gasteiger partial charge in [0.2, 0.25) is 0 Å². The molecule has 1 aromatic rings. The van der Waals surface area contributed by atoms with E-state index < -0.39 is 10.1 Å². The molecule has 0 radical (unpaired) electrons. The van der Waals surface area contributed by atoms with Crippen molar-refractivity contribution in [3.05, 3.63) is 15.8 Å². The zero-order chi connectivity index (χ0) is 7.78. The molecule has 0 fully saturated rings. The van der Waals surface area contributed by atoms with E-state index in [1.807, 2.05) is 0 Å². The van der Waals surface area contributed by atoms with Crippen molar-refractivity contribution in [1.82, 2.24) is 0 Å². The Bertz CT molecular complexity index is 326. The molecule has 0 aliphatic carbocycles. The Labute approximate surface area is 67.0 Å². The summed E-state index contributed by atoms with van der Waals surface area (Å²) in [6.07, 6.45) is 0. The van der Waals surface area contributed by atoms with E-state index in [0.717, 1.165) is 11.3 Å². The summed E-state index contributed by atoms with van der Waals surface area (Å²) in [4.78, 5) is -0.150. The molecule has 1 aromatic heterocycles. The van der Waals surface area contributed by atoms with E-state index in [0.29, 0.717) is 4.34 Å². The van der Waals surface area contributed by atoms with Crippen LogP contribution in [-0.4, -0.2) is 13.0 Å². The monoisotopic (exact) mass is 198 g/mol. The number of thiophene rings is 1. The van der Waals surface area contributed by atoms with Crippen LogP contribution in [0.4, 0.5) is 0 Å². The molecule has 0 aliphatic rings. The predicted molar refractivity (Wildman–Crippen MR) is 39.1 cm³/mol. The van der Waals surface area contributed by atoms with Gasteiger partial charge in [0.1, 0.15) is 4.90 Å². The lowest BCUT2D eigenvalue weighted by Crippen LogP contribution is -1.94. The van der Waals surface area contributed by atoms with Crippen LogP contribution in [0, 0.1) is 0 Å². The lowest BCUT2D eigenvalue weighted by Gasteiger charge is -1.85. The standard InChI is InChI=1S/C4H3ClO3S2/c5-4-1-3(2-9-4)10(6,7)8/h1-2H,(H,6,7,8). The summed E-state index contributed by atoms with van der Waals surface area (Å²) >= 11 is 6.47. The van der Waals surface area contributed by atoms with Gasteiger partial charge in [0.05, 0.1) is 4.34 Å². The van der Waals surface area contributed by atoms with E-state index in [4.69, 9.17) is 16.2 Å². The molecular weight excluding hydrogens is 196 g/mol. The average Bonchev–Trinajstić information content (AvgIpc) is 2.11. The molecule has 0 aromatic carbocycles. The molecular formula is C4H3ClO3S2. The second-order valence-electron chi connectivity index (χ2n) is 1.56. The Hall–Kier alpha value is -0.100. The third-order valence-corrected chi connectivity index (χ3v) is 2.91. The number of hydrogen-bond donors (Lipinski definition) is 1. The Kier molecular flexibility index (Phi) is 2.00. The molecule has 1 heterocycles. The van der Waals surface area contributed by atoms with Crippen molar-refractivity contribution in [2.24, 2.45) is 0 Å². The summed E-state index contributed by atoms with van der Waals surface area (Å²) < 4.78 is 29.5. The maximum Gasteiger partial charge on any atom is 0.295 e. The van der Waals surface area contributed by atoms with Crippen LogP contribution in [0.15, 0.2) is 16.3 Å². The van der Waals surface area contributed by atoms with Crippen molar-refractivity contribution in [2.45, 2.75) is 4.90 Å². The summed E-state index contributed by atoms with van der Waals surface area (Å²) in [6.45, 7) is 0. The maximum atomic E-state index is 10.3. The summed E-state index contributed by atoms with van der Waals surface area (Å²) in [5, 5.41) is 1.28. The third kappa shape index (κ3) is 1.69. The number of rotatable bonds is 1. The van der Waals surface area contributed by atoms with Crippen LogP contribution in [-0.2, 0) is 10.1 Å². The van der Waals surface area contributed by atoms with Gasteiger partial charge in [-0.3, -0.25) is 4.55 Å². The van der Waals surface area contributed by atoms with Crippen LogP contribution in [0.25, 0.3) is 0 Å².